The van der Waals surface area contributed by atoms with Gasteiger partial charge >= 0.3 is 0 Å². The molecule has 0 saturated heterocycles. The van der Waals surface area contributed by atoms with E-state index in [1.807, 2.05) is 24.3 Å². The Labute approximate surface area is 396 Å². The molecule has 6 aromatic heterocycles. The fourth-order valence-electron chi connectivity index (χ4n) is 12.9. The van der Waals surface area contributed by atoms with Crippen LogP contribution in [0.4, 0.5) is 0 Å². The minimum Gasteiger partial charge on any atom is -0.309 e. The maximum Gasteiger partial charge on any atom is 0.0641 e. The summed E-state index contributed by atoms with van der Waals surface area (Å²) in [6.45, 7) is -5.34. The second-order valence-electron chi connectivity index (χ2n) is 18.8. The maximum atomic E-state index is 9.64. The van der Waals surface area contributed by atoms with Gasteiger partial charge in [-0.3, -0.25) is 0 Å². The summed E-state index contributed by atoms with van der Waals surface area (Å²) >= 11 is 0. The molecule has 11 aromatic carbocycles. The molecule has 0 aliphatic rings. The SMILES string of the molecule is [2H]C([2H])([2H])c1c2c3cccc4c5c6c(ccc5n(c2c(C([2H])([2H])[2H])c2c5cccc7c8c9c(ccc8n(c12)c57)c1ccccc1n9-c1ccc2ccccc2c1)c34)c1ccccc1n6-c1ccc2ccccc2c1. The van der Waals surface area contributed by atoms with Gasteiger partial charge in [0.2, 0.25) is 0 Å². The molecule has 0 N–H and O–H groups in total. The molecule has 0 unspecified atom stereocenters. The Morgan fingerprint density at radius 1 is 0.279 bits per heavy atom. The first-order valence-corrected chi connectivity index (χ1v) is 23.3. The molecule has 68 heavy (non-hydrogen) atoms. The molecular weight excluding hydrogens is 825 g/mol. The number of benzene rings is 11. The van der Waals surface area contributed by atoms with Crippen LogP contribution in [0.15, 0.2) is 194 Å². The number of hydrogen-bond donors (Lipinski definition) is 0. The summed E-state index contributed by atoms with van der Waals surface area (Å²) in [5.41, 5.74) is 10.5. The Morgan fingerprint density at radius 2 is 0.676 bits per heavy atom. The first kappa shape index (κ1) is 30.4. The van der Waals surface area contributed by atoms with Crippen molar-refractivity contribution in [1.29, 1.82) is 0 Å². The van der Waals surface area contributed by atoms with E-state index in [0.717, 1.165) is 120 Å². The lowest BCUT2D eigenvalue weighted by atomic mass is 9.96. The summed E-state index contributed by atoms with van der Waals surface area (Å²) in [7, 11) is 0. The predicted octanol–water partition coefficient (Wildman–Crippen LogP) is 17.1. The molecule has 0 amide bonds. The van der Waals surface area contributed by atoms with Crippen LogP contribution in [-0.4, -0.2) is 17.9 Å². The lowest BCUT2D eigenvalue weighted by Gasteiger charge is -2.12. The second-order valence-corrected chi connectivity index (χ2v) is 18.8. The average Bonchev–Trinajstić information content (AvgIpc) is 4.28. The van der Waals surface area contributed by atoms with Gasteiger partial charge in [-0.2, -0.15) is 0 Å². The highest BCUT2D eigenvalue weighted by molar-refractivity contribution is 6.36. The molecule has 0 bridgehead atoms. The van der Waals surface area contributed by atoms with Crippen molar-refractivity contribution in [3.05, 3.63) is 205 Å². The molecule has 0 spiro atoms. The first-order valence-electron chi connectivity index (χ1n) is 26.3. The van der Waals surface area contributed by atoms with Gasteiger partial charge in [0.05, 0.1) is 55.2 Å². The number of fused-ring (bicyclic) bond motifs is 22. The van der Waals surface area contributed by atoms with Crippen molar-refractivity contribution in [2.75, 3.05) is 0 Å². The second kappa shape index (κ2) is 12.1. The van der Waals surface area contributed by atoms with Crippen molar-refractivity contribution in [3.63, 3.8) is 0 Å². The summed E-state index contributed by atoms with van der Waals surface area (Å²) in [6.07, 6.45) is 0. The summed E-state index contributed by atoms with van der Waals surface area (Å²) in [6, 6.07) is 67.6. The third kappa shape index (κ3) is 4.04. The van der Waals surface area contributed by atoms with Crippen LogP contribution in [0.5, 0.6) is 0 Å². The van der Waals surface area contributed by atoms with E-state index in [-0.39, 0.29) is 11.1 Å². The molecule has 6 heterocycles. The normalized spacial score (nSPS) is 14.5. The number of para-hydroxylation sites is 4. The fourth-order valence-corrected chi connectivity index (χ4v) is 12.9. The van der Waals surface area contributed by atoms with Gasteiger partial charge < -0.3 is 17.9 Å². The molecule has 17 aromatic rings. The van der Waals surface area contributed by atoms with Crippen LogP contribution in [0.2, 0.25) is 0 Å². The fraction of sp³-hybridized carbons (Fsp3) is 0.0312. The predicted molar refractivity (Wildman–Crippen MR) is 289 cm³/mol. The van der Waals surface area contributed by atoms with Crippen LogP contribution in [-0.2, 0) is 0 Å². The third-order valence-electron chi connectivity index (χ3n) is 15.6. The number of aromatic nitrogens is 4. The molecule has 17 rings (SSSR count). The van der Waals surface area contributed by atoms with Crippen molar-refractivity contribution in [2.24, 2.45) is 0 Å². The number of rotatable bonds is 2. The molecule has 0 aliphatic heterocycles. The smallest absolute Gasteiger partial charge is 0.0641 e. The quantitative estimate of drug-likeness (QED) is 0.165. The molecule has 4 nitrogen and oxygen atoms in total. The van der Waals surface area contributed by atoms with E-state index in [4.69, 9.17) is 0 Å². The van der Waals surface area contributed by atoms with Crippen LogP contribution in [0.25, 0.3) is 153 Å². The molecule has 0 atom stereocenters. The van der Waals surface area contributed by atoms with E-state index >= 15 is 0 Å². The van der Waals surface area contributed by atoms with Gasteiger partial charge in [0.1, 0.15) is 0 Å². The average molecular weight is 869 g/mol. The van der Waals surface area contributed by atoms with Crippen molar-refractivity contribution in [2.45, 2.75) is 13.7 Å². The number of nitrogens with zero attached hydrogens (tertiary/aromatic N) is 4. The molecular formula is C64H38N4. The minimum atomic E-state index is -2.67. The molecule has 0 radical (unpaired) electrons. The largest absolute Gasteiger partial charge is 0.309 e. The Kier molecular flexibility index (Phi) is 5.41. The summed E-state index contributed by atoms with van der Waals surface area (Å²) < 4.78 is 66.7. The Bertz CT molecular complexity index is 5020. The van der Waals surface area contributed by atoms with E-state index < -0.39 is 13.7 Å². The van der Waals surface area contributed by atoms with Gasteiger partial charge in [0.25, 0.3) is 0 Å². The lowest BCUT2D eigenvalue weighted by Crippen LogP contribution is -1.95. The zero-order chi connectivity index (χ0) is 49.3. The Hall–Kier alpha value is -8.86. The van der Waals surface area contributed by atoms with Crippen molar-refractivity contribution < 1.29 is 8.22 Å². The van der Waals surface area contributed by atoms with Gasteiger partial charge in [-0.25, -0.2) is 0 Å². The lowest BCUT2D eigenvalue weighted by molar-refractivity contribution is 1.19. The Morgan fingerprint density at radius 3 is 1.13 bits per heavy atom. The van der Waals surface area contributed by atoms with Crippen LogP contribution in [0.3, 0.4) is 0 Å². The van der Waals surface area contributed by atoms with E-state index in [1.165, 1.54) is 0 Å². The van der Waals surface area contributed by atoms with Crippen molar-refractivity contribution in [1.82, 2.24) is 17.9 Å². The van der Waals surface area contributed by atoms with E-state index in [1.54, 1.807) is 0 Å². The molecule has 0 aliphatic carbocycles. The van der Waals surface area contributed by atoms with Gasteiger partial charge in [0, 0.05) is 84.2 Å². The maximum absolute atomic E-state index is 9.64. The first-order chi connectivity index (χ1) is 36.0. The van der Waals surface area contributed by atoms with Crippen molar-refractivity contribution >= 4 is 141 Å². The monoisotopic (exact) mass is 868 g/mol. The van der Waals surface area contributed by atoms with Crippen LogP contribution < -0.4 is 0 Å². The van der Waals surface area contributed by atoms with E-state index in [2.05, 4.69) is 188 Å². The van der Waals surface area contributed by atoms with Crippen LogP contribution >= 0.6 is 0 Å². The summed E-state index contributed by atoms with van der Waals surface area (Å²) in [5, 5.41) is 15.0. The minimum absolute atomic E-state index is 0.149. The molecule has 0 fully saturated rings. The van der Waals surface area contributed by atoms with E-state index in [9.17, 15) is 8.22 Å². The summed E-state index contributed by atoms with van der Waals surface area (Å²) in [4.78, 5) is 0. The van der Waals surface area contributed by atoms with Crippen LogP contribution in [0, 0.1) is 13.7 Å². The third-order valence-corrected chi connectivity index (χ3v) is 15.6. The van der Waals surface area contributed by atoms with Crippen molar-refractivity contribution in [3.8, 4) is 11.4 Å². The van der Waals surface area contributed by atoms with Gasteiger partial charge in [0.15, 0.2) is 0 Å². The van der Waals surface area contributed by atoms with Crippen LogP contribution in [0.1, 0.15) is 19.4 Å². The van der Waals surface area contributed by atoms with Gasteiger partial charge in [-0.05, 0) is 94.9 Å². The highest BCUT2D eigenvalue weighted by Crippen LogP contribution is 2.51. The highest BCUT2D eigenvalue weighted by Gasteiger charge is 2.29. The summed E-state index contributed by atoms with van der Waals surface area (Å²) in [5.74, 6) is 0. The topological polar surface area (TPSA) is 18.7 Å². The molecule has 314 valence electrons. The Balaban J connectivity index is 1.07. The standard InChI is InChI=1S/C64H38N4/c1-35-55-47-19-11-21-49-58-54(32-30-46-44-18-8-10-24-52(44)66(64(46)58)42-28-26-38-14-4-6-16-40(38)34-42)68(61(47)49)60(55)36(2)56-48-20-12-22-50-57-53(67(59(35)56)62(48)50)31-29-45-43-17-7-9-23-51(43)65(63(45)57)41-27-25-37-13-3-5-15-39(37)33-41/h3-34H,1-2H3/i1D3,2D3. The molecule has 4 heteroatoms. The van der Waals surface area contributed by atoms with E-state index in [0.29, 0.717) is 32.6 Å². The highest BCUT2D eigenvalue weighted by atomic mass is 15.0. The number of hydrogen-bond acceptors (Lipinski definition) is 0. The number of aryl methyl sites for hydroxylation is 2. The van der Waals surface area contributed by atoms with Gasteiger partial charge in [-0.15, -0.1) is 0 Å². The zero-order valence-corrected chi connectivity index (χ0v) is 36.3. The molecule has 0 saturated carbocycles. The van der Waals surface area contributed by atoms with Gasteiger partial charge in [-0.1, -0.05) is 146 Å². The zero-order valence-electron chi connectivity index (χ0n) is 42.3.